The lowest BCUT2D eigenvalue weighted by atomic mass is 10.2. The molecule has 0 atom stereocenters. The molecule has 2 aromatic rings. The minimum absolute atomic E-state index is 0.243. The average molecular weight is 466 g/mol. The van der Waals surface area contributed by atoms with Gasteiger partial charge in [0.1, 0.15) is 11.6 Å². The first-order valence-electron chi connectivity index (χ1n) is 6.08. The quantitative estimate of drug-likeness (QED) is 0.271. The Morgan fingerprint density at radius 1 is 0.500 bits per heavy atom. The van der Waals surface area contributed by atoms with Crippen LogP contribution in [0.2, 0.25) is 20.1 Å². The van der Waals surface area contributed by atoms with Crippen LogP contribution in [-0.4, -0.2) is 0 Å². The second-order valence-corrected chi connectivity index (χ2v) is 6.12. The van der Waals surface area contributed by atoms with Crippen molar-refractivity contribution in [1.82, 2.24) is 0 Å². The molecule has 0 aromatic heterocycles. The molecule has 0 bridgehead atoms. The smallest absolute Gasteiger partial charge is 0.206 e. The van der Waals surface area contributed by atoms with Crippen molar-refractivity contribution in [2.45, 2.75) is 12.4 Å². The van der Waals surface area contributed by atoms with Crippen LogP contribution in [0.1, 0.15) is 11.1 Å². The molecule has 0 radical (unpaired) electrons. The van der Waals surface area contributed by atoms with Crippen molar-refractivity contribution in [3.8, 4) is 0 Å². The number of halogens is 12. The number of hydrogen-bond donors (Lipinski definition) is 0. The first-order valence-corrected chi connectivity index (χ1v) is 7.59. The highest BCUT2D eigenvalue weighted by Crippen LogP contribution is 2.37. The first kappa shape index (κ1) is 23.1. The summed E-state index contributed by atoms with van der Waals surface area (Å²) in [4.78, 5) is 0. The van der Waals surface area contributed by atoms with Crippen LogP contribution in [0.15, 0.2) is 24.3 Å². The predicted molar refractivity (Wildman–Crippen MR) is 82.8 cm³/mol. The van der Waals surface area contributed by atoms with Crippen LogP contribution in [0.3, 0.4) is 0 Å². The molecule has 0 spiro atoms. The van der Waals surface area contributed by atoms with Crippen molar-refractivity contribution < 1.29 is 35.1 Å². The van der Waals surface area contributed by atoms with Gasteiger partial charge in [-0.25, -0.2) is 8.78 Å². The molecule has 0 fully saturated rings. The summed E-state index contributed by atoms with van der Waals surface area (Å²) in [7, 11) is 0. The Morgan fingerprint density at radius 2 is 0.885 bits per heavy atom. The maximum Gasteiger partial charge on any atom is 0.419 e. The first-order chi connectivity index (χ1) is 11.6. The Morgan fingerprint density at radius 3 is 1.35 bits per heavy atom. The van der Waals surface area contributed by atoms with E-state index in [1.165, 1.54) is 0 Å². The SMILES string of the molecule is Fc1cc(Cl)c(C(F)(F)F)cc1Cl.Fc1cc(Cl)c(Cl)cc1C(F)(F)F. The predicted octanol–water partition coefficient (Wildman–Crippen LogP) is 8.30. The van der Waals surface area contributed by atoms with Crippen molar-refractivity contribution in [3.05, 3.63) is 67.1 Å². The summed E-state index contributed by atoms with van der Waals surface area (Å²) in [5, 5.41) is -1.87. The molecule has 0 saturated carbocycles. The Balaban J connectivity index is 0.000000260. The third-order valence-electron chi connectivity index (χ3n) is 2.63. The molecule has 0 saturated heterocycles. The van der Waals surface area contributed by atoms with E-state index in [0.717, 1.165) is 0 Å². The zero-order chi connectivity index (χ0) is 20.4. The van der Waals surface area contributed by atoms with Gasteiger partial charge in [-0.1, -0.05) is 46.4 Å². The summed E-state index contributed by atoms with van der Waals surface area (Å²) >= 11 is 20.9. The van der Waals surface area contributed by atoms with E-state index in [9.17, 15) is 35.1 Å². The molecule has 144 valence electrons. The highest BCUT2D eigenvalue weighted by Gasteiger charge is 2.35. The Labute approximate surface area is 161 Å². The van der Waals surface area contributed by atoms with Gasteiger partial charge in [0.05, 0.1) is 31.2 Å². The normalized spacial score (nSPS) is 11.8. The van der Waals surface area contributed by atoms with Crippen LogP contribution >= 0.6 is 46.4 Å². The highest BCUT2D eigenvalue weighted by atomic mass is 35.5. The molecule has 0 aliphatic heterocycles. The van der Waals surface area contributed by atoms with Gasteiger partial charge in [-0.05, 0) is 24.3 Å². The lowest BCUT2D eigenvalue weighted by Gasteiger charge is -2.08. The summed E-state index contributed by atoms with van der Waals surface area (Å²) < 4.78 is 97.6. The van der Waals surface area contributed by atoms with E-state index in [4.69, 9.17) is 46.4 Å². The summed E-state index contributed by atoms with van der Waals surface area (Å²) in [6.07, 6.45) is -9.37. The minimum Gasteiger partial charge on any atom is -0.206 e. The highest BCUT2D eigenvalue weighted by molar-refractivity contribution is 6.42. The minimum atomic E-state index is -4.75. The van der Waals surface area contributed by atoms with E-state index in [1.54, 1.807) is 0 Å². The third-order valence-corrected chi connectivity index (χ3v) is 3.96. The number of alkyl halides is 6. The van der Waals surface area contributed by atoms with Crippen LogP contribution < -0.4 is 0 Å². The van der Waals surface area contributed by atoms with Crippen LogP contribution in [0, 0.1) is 11.6 Å². The molecule has 0 aliphatic carbocycles. The molecule has 0 N–H and O–H groups in total. The van der Waals surface area contributed by atoms with Crippen LogP contribution in [0.25, 0.3) is 0 Å². The molecule has 0 unspecified atom stereocenters. The summed E-state index contributed by atoms with van der Waals surface area (Å²) in [6, 6.07) is 1.98. The second-order valence-electron chi connectivity index (χ2n) is 4.49. The van der Waals surface area contributed by atoms with Gasteiger partial charge in [0.25, 0.3) is 0 Å². The maximum atomic E-state index is 12.7. The molecule has 0 nitrogen and oxygen atoms in total. The maximum absolute atomic E-state index is 12.7. The molecule has 12 heteroatoms. The van der Waals surface area contributed by atoms with E-state index >= 15 is 0 Å². The van der Waals surface area contributed by atoms with Crippen LogP contribution in [0.4, 0.5) is 35.1 Å². The molecule has 2 rings (SSSR count). The Kier molecular flexibility index (Phi) is 7.43. The van der Waals surface area contributed by atoms with Gasteiger partial charge < -0.3 is 0 Å². The van der Waals surface area contributed by atoms with Crippen molar-refractivity contribution >= 4 is 46.4 Å². The van der Waals surface area contributed by atoms with Gasteiger partial charge in [-0.3, -0.25) is 0 Å². The van der Waals surface area contributed by atoms with Gasteiger partial charge in [-0.2, -0.15) is 26.3 Å². The standard InChI is InChI=1S/2C7H2Cl2F4/c8-4-2-6(10)5(9)1-3(4)7(11,12)13;8-4-1-3(7(11,12)13)6(10)2-5(4)9/h2*1-2H. The van der Waals surface area contributed by atoms with E-state index in [0.29, 0.717) is 24.3 Å². The molecule has 0 aliphatic rings. The van der Waals surface area contributed by atoms with E-state index in [-0.39, 0.29) is 10.0 Å². The summed E-state index contributed by atoms with van der Waals surface area (Å²) in [6.45, 7) is 0. The molecule has 0 heterocycles. The van der Waals surface area contributed by atoms with Crippen molar-refractivity contribution in [1.29, 1.82) is 0 Å². The molecular formula is C14H4Cl4F8. The van der Waals surface area contributed by atoms with E-state index in [2.05, 4.69) is 0 Å². The van der Waals surface area contributed by atoms with Crippen molar-refractivity contribution in [2.24, 2.45) is 0 Å². The Bertz CT molecular complexity index is 731. The van der Waals surface area contributed by atoms with E-state index < -0.39 is 45.2 Å². The monoisotopic (exact) mass is 464 g/mol. The number of rotatable bonds is 0. The van der Waals surface area contributed by atoms with Crippen LogP contribution in [0.5, 0.6) is 0 Å². The lowest BCUT2D eigenvalue weighted by molar-refractivity contribution is -0.140. The lowest BCUT2D eigenvalue weighted by Crippen LogP contribution is -2.07. The zero-order valence-corrected chi connectivity index (χ0v) is 14.9. The Hall–Kier alpha value is -0.960. The topological polar surface area (TPSA) is 0 Å². The fourth-order valence-corrected chi connectivity index (χ4v) is 2.21. The van der Waals surface area contributed by atoms with Gasteiger partial charge in [-0.15, -0.1) is 0 Å². The van der Waals surface area contributed by atoms with Gasteiger partial charge >= 0.3 is 12.4 Å². The van der Waals surface area contributed by atoms with Crippen molar-refractivity contribution in [2.75, 3.05) is 0 Å². The summed E-state index contributed by atoms with van der Waals surface area (Å²) in [5.74, 6) is -2.40. The molecule has 2 aromatic carbocycles. The van der Waals surface area contributed by atoms with E-state index in [1.807, 2.05) is 0 Å². The second kappa shape index (κ2) is 8.37. The third kappa shape index (κ3) is 6.04. The van der Waals surface area contributed by atoms with Gasteiger partial charge in [0.15, 0.2) is 0 Å². The average Bonchev–Trinajstić information content (AvgIpc) is 2.45. The molecular weight excluding hydrogens is 462 g/mol. The summed E-state index contributed by atoms with van der Waals surface area (Å²) in [5.41, 5.74) is -2.55. The van der Waals surface area contributed by atoms with Gasteiger partial charge in [0.2, 0.25) is 0 Å². The molecule has 0 amide bonds. The zero-order valence-electron chi connectivity index (χ0n) is 11.8. The number of hydrogen-bond acceptors (Lipinski definition) is 0. The van der Waals surface area contributed by atoms with Crippen LogP contribution in [-0.2, 0) is 12.4 Å². The number of benzene rings is 2. The fraction of sp³-hybridized carbons (Fsp3) is 0.143. The van der Waals surface area contributed by atoms with Crippen molar-refractivity contribution in [3.63, 3.8) is 0 Å². The largest absolute Gasteiger partial charge is 0.419 e. The molecule has 26 heavy (non-hydrogen) atoms. The fourth-order valence-electron chi connectivity index (χ4n) is 1.48. The van der Waals surface area contributed by atoms with Gasteiger partial charge in [0, 0.05) is 0 Å².